The Labute approximate surface area is 311 Å². The Morgan fingerprint density at radius 3 is 1.04 bits per heavy atom. The number of aromatic amines is 2. The van der Waals surface area contributed by atoms with Gasteiger partial charge in [0.2, 0.25) is 0 Å². The topological polar surface area (TPSA) is 281 Å². The van der Waals surface area contributed by atoms with Crippen molar-refractivity contribution in [2.45, 2.75) is 0 Å². The summed E-state index contributed by atoms with van der Waals surface area (Å²) >= 11 is -12.1. The fourth-order valence-corrected chi connectivity index (χ4v) is 9.28. The van der Waals surface area contributed by atoms with Crippen LogP contribution in [0.2, 0.25) is 0 Å². The summed E-state index contributed by atoms with van der Waals surface area (Å²) in [7, 11) is 0. The normalized spacial score (nSPS) is 11.8. The number of aromatic nitrogens is 8. The summed E-state index contributed by atoms with van der Waals surface area (Å²) in [5.41, 5.74) is 3.84. The Bertz CT molecular complexity index is 3020. The molecule has 3 aromatic heterocycles. The van der Waals surface area contributed by atoms with Gasteiger partial charge in [-0.1, -0.05) is 0 Å². The number of hydrogen-bond donors (Lipinski definition) is 6. The van der Waals surface area contributed by atoms with E-state index in [0.29, 0.717) is 95.1 Å². The number of fused-ring (bicyclic) bond motifs is 20. The summed E-state index contributed by atoms with van der Waals surface area (Å²) in [4.78, 5) is 36.0. The van der Waals surface area contributed by atoms with Crippen molar-refractivity contribution in [2.75, 3.05) is 0 Å². The summed E-state index contributed by atoms with van der Waals surface area (Å²) in [6.07, 6.45) is 0. The second-order valence-electron chi connectivity index (χ2n) is 11.8. The van der Waals surface area contributed by atoms with E-state index in [2.05, 4.69) is 9.97 Å². The van der Waals surface area contributed by atoms with Crippen LogP contribution in [0, 0.1) is 0 Å². The van der Waals surface area contributed by atoms with Crippen LogP contribution in [0.4, 0.5) is 0 Å². The first-order valence-corrected chi connectivity index (χ1v) is 23.6. The first-order chi connectivity index (χ1) is 25.0. The maximum absolute atomic E-state index is 12.5. The van der Waals surface area contributed by atoms with E-state index in [1.54, 1.807) is 72.8 Å². The van der Waals surface area contributed by atoms with Gasteiger partial charge in [-0.05, 0) is 0 Å². The van der Waals surface area contributed by atoms with Gasteiger partial charge in [-0.25, -0.2) is 0 Å². The summed E-state index contributed by atoms with van der Waals surface area (Å²) < 4.78 is 75.4. The SMILES string of the molecule is [NH2][V](=[O])[c]1ccc2c(c1)-c1nc-2nc2[nH]c(nc3nc(nc4[nH]c(n1)c1cc[c]([V]([NH2])=[O])cc41)-c1c[c]([V]([NH2])=[O])ccc1-3)c1cc[c]([V]([NH2])=[O])cc21. The van der Waals surface area contributed by atoms with Gasteiger partial charge in [0, 0.05) is 0 Å². The van der Waals surface area contributed by atoms with Crippen molar-refractivity contribution in [3.63, 3.8) is 0 Å². The van der Waals surface area contributed by atoms with Crippen LogP contribution in [0.3, 0.4) is 0 Å². The van der Waals surface area contributed by atoms with Crippen molar-refractivity contribution in [3.8, 4) is 45.6 Å². The number of nitrogens with two attached hydrogens (primary N) is 4. The number of H-pyrrole nitrogens is 2. The van der Waals surface area contributed by atoms with E-state index in [4.69, 9.17) is 48.2 Å². The number of hydrogen-bond acceptors (Lipinski definition) is 10. The molecule has 9 rings (SSSR count). The Morgan fingerprint density at radius 1 is 0.365 bits per heavy atom. The molecule has 52 heavy (non-hydrogen) atoms. The van der Waals surface area contributed by atoms with Crippen LogP contribution in [-0.2, 0) is 76.1 Å². The van der Waals surface area contributed by atoms with Crippen molar-refractivity contribution in [1.29, 1.82) is 0 Å². The van der Waals surface area contributed by atoms with Crippen LogP contribution in [0.1, 0.15) is 0 Å². The molecule has 0 amide bonds. The molecule has 2 aliphatic rings. The molecular formula is C32H22N12O4V4. The zero-order valence-corrected chi connectivity index (χ0v) is 31.9. The first-order valence-electron chi connectivity index (χ1n) is 15.3. The third kappa shape index (κ3) is 5.58. The zero-order valence-electron chi connectivity index (χ0n) is 26.3. The van der Waals surface area contributed by atoms with E-state index in [1.165, 1.54) is 0 Å². The fraction of sp³-hybridized carbons (Fsp3) is 0. The molecule has 8 bridgehead atoms. The quantitative estimate of drug-likeness (QED) is 0.143. The molecule has 0 unspecified atom stereocenters. The van der Waals surface area contributed by atoms with Crippen molar-refractivity contribution in [2.24, 2.45) is 18.3 Å². The van der Waals surface area contributed by atoms with Crippen LogP contribution in [0.25, 0.3) is 89.7 Å². The molecule has 7 aromatic rings. The predicted molar refractivity (Wildman–Crippen MR) is 174 cm³/mol. The Morgan fingerprint density at radius 2 is 0.673 bits per heavy atom. The molecule has 4 aromatic carbocycles. The molecule has 0 saturated carbocycles. The Kier molecular flexibility index (Phi) is 8.13. The molecule has 10 N–H and O–H groups in total. The van der Waals surface area contributed by atoms with E-state index < -0.39 is 61.4 Å². The average Bonchev–Trinajstić information content (AvgIpc) is 3.85. The third-order valence-electron chi connectivity index (χ3n) is 8.78. The Hall–Kier alpha value is -4.38. The molecule has 254 valence electrons. The number of nitrogens with zero attached hydrogens (tertiary/aromatic N) is 6. The Balaban J connectivity index is 1.48. The van der Waals surface area contributed by atoms with Gasteiger partial charge in [-0.3, -0.25) is 0 Å². The molecule has 0 atom stereocenters. The predicted octanol–water partition coefficient (Wildman–Crippen LogP) is 0.720. The van der Waals surface area contributed by atoms with E-state index >= 15 is 0 Å². The van der Waals surface area contributed by atoms with E-state index in [9.17, 15) is 14.7 Å². The minimum absolute atomic E-state index is 0.257. The van der Waals surface area contributed by atoms with Crippen LogP contribution in [0.15, 0.2) is 72.8 Å². The molecule has 20 heteroatoms. The number of nitrogens with one attached hydrogen (secondary N) is 2. The second kappa shape index (κ2) is 12.6. The van der Waals surface area contributed by atoms with E-state index in [1.807, 2.05) is 0 Å². The van der Waals surface area contributed by atoms with Gasteiger partial charge < -0.3 is 0 Å². The van der Waals surface area contributed by atoms with Crippen molar-refractivity contribution >= 4 is 61.2 Å². The summed E-state index contributed by atoms with van der Waals surface area (Å²) in [6, 6.07) is 20.6. The van der Waals surface area contributed by atoms with Gasteiger partial charge in [0.05, 0.1) is 0 Å². The van der Waals surface area contributed by atoms with E-state index in [-0.39, 0.29) is 11.6 Å². The van der Waals surface area contributed by atoms with Crippen molar-refractivity contribution in [3.05, 3.63) is 72.8 Å². The number of rotatable bonds is 4. The van der Waals surface area contributed by atoms with Crippen LogP contribution in [0.5, 0.6) is 0 Å². The summed E-state index contributed by atoms with van der Waals surface area (Å²) in [5.74, 6) is 1.13. The van der Waals surface area contributed by atoms with Gasteiger partial charge in [0.25, 0.3) is 0 Å². The molecule has 0 fully saturated rings. The molecule has 0 saturated heterocycles. The fourth-order valence-electron chi connectivity index (χ4n) is 6.29. The molecule has 16 nitrogen and oxygen atoms in total. The third-order valence-corrected chi connectivity index (χ3v) is 13.7. The van der Waals surface area contributed by atoms with Crippen molar-refractivity contribution in [1.82, 2.24) is 39.9 Å². The van der Waals surface area contributed by atoms with Crippen LogP contribution >= 0.6 is 0 Å². The zero-order chi connectivity index (χ0) is 36.0. The molecule has 0 radical (unpaired) electrons. The van der Waals surface area contributed by atoms with Gasteiger partial charge in [-0.2, -0.15) is 0 Å². The monoisotopic (exact) mass is 842 g/mol. The second-order valence-corrected chi connectivity index (χ2v) is 19.1. The number of benzene rings is 4. The van der Waals surface area contributed by atoms with Gasteiger partial charge in [0.1, 0.15) is 0 Å². The molecule has 0 spiro atoms. The molecule has 5 heterocycles. The average molecular weight is 842 g/mol. The van der Waals surface area contributed by atoms with Gasteiger partial charge in [0.15, 0.2) is 0 Å². The standard InChI is InChI=1S/C32H14N8.4H2N.4O.4V/c1-2-10-18-17(9-1)25-33-26(18)38-28-21-13-5-6-14-22(21)30(35-28)40-32-24-16-8-7-15-23(24)31(36-32)39-29-20-12-4-3-11-19(20)27(34-29)37-25;;;;;;;;;;;;/h1,3,5,8-16H,(H2,33,34,35,36,37,38,39,40);4*1H2;;;;;;;;/q;4*-1;;;;;4*+1. The van der Waals surface area contributed by atoms with Crippen LogP contribution in [-0.4, -0.2) is 39.9 Å². The molecular weight excluding hydrogens is 820 g/mol. The van der Waals surface area contributed by atoms with E-state index in [0.717, 1.165) is 0 Å². The van der Waals surface area contributed by atoms with Crippen molar-refractivity contribution < 1.29 is 76.1 Å². The first kappa shape index (κ1) is 33.5. The summed E-state index contributed by atoms with van der Waals surface area (Å²) in [6.45, 7) is 0. The molecule has 2 aliphatic heterocycles. The van der Waals surface area contributed by atoms with Gasteiger partial charge in [-0.15, -0.1) is 0 Å². The maximum atomic E-state index is 12.5. The molecule has 0 aliphatic carbocycles. The van der Waals surface area contributed by atoms with Gasteiger partial charge >= 0.3 is 314 Å². The van der Waals surface area contributed by atoms with Crippen LogP contribution < -0.4 is 35.4 Å². The summed E-state index contributed by atoms with van der Waals surface area (Å²) in [5, 5.41) is 2.46. The minimum atomic E-state index is -3.03.